The molecule has 0 aliphatic carbocycles. The molecule has 1 heterocycles. The average molecular weight is 146 g/mol. The van der Waals surface area contributed by atoms with Gasteiger partial charge in [0.15, 0.2) is 0 Å². The van der Waals surface area contributed by atoms with Gasteiger partial charge in [0.05, 0.1) is 0 Å². The van der Waals surface area contributed by atoms with Gasteiger partial charge in [-0.15, -0.1) is 0 Å². The number of nitrogens with two attached hydrogens (primary N) is 1. The van der Waals surface area contributed by atoms with Crippen molar-refractivity contribution in [1.82, 2.24) is 5.32 Å². The van der Waals surface area contributed by atoms with Gasteiger partial charge < -0.3 is 15.8 Å². The molecule has 1 aliphatic heterocycles. The lowest BCUT2D eigenvalue weighted by atomic mass is 10.4. The molecule has 0 atom stereocenters. The Morgan fingerprint density at radius 2 is 1.90 bits per heavy atom. The van der Waals surface area contributed by atoms with Crippen molar-refractivity contribution in [2.45, 2.75) is 12.8 Å². The summed E-state index contributed by atoms with van der Waals surface area (Å²) >= 11 is 0. The number of amides is 2. The van der Waals surface area contributed by atoms with E-state index >= 15 is 0 Å². The standard InChI is InChI=1S/C4H8O.C2H6N2O/c1-2-4-5-3-1;1-4-2(3)5/h1-4H2;1H3,(H3,3,4,5). The fraction of sp³-hybridized carbons (Fsp3) is 0.833. The van der Waals surface area contributed by atoms with Crippen LogP contribution >= 0.6 is 0 Å². The van der Waals surface area contributed by atoms with Crippen LogP contribution in [0, 0.1) is 0 Å². The first-order valence-electron chi connectivity index (χ1n) is 3.32. The van der Waals surface area contributed by atoms with E-state index < -0.39 is 6.03 Å². The molecule has 3 N–H and O–H groups in total. The number of hydrogen-bond acceptors (Lipinski definition) is 2. The van der Waals surface area contributed by atoms with Gasteiger partial charge in [0.2, 0.25) is 0 Å². The minimum atomic E-state index is -0.495. The summed E-state index contributed by atoms with van der Waals surface area (Å²) in [7, 11) is 1.47. The minimum Gasteiger partial charge on any atom is -0.381 e. The Kier molecular flexibility index (Phi) is 5.86. The zero-order chi connectivity index (χ0) is 7.82. The van der Waals surface area contributed by atoms with E-state index in [0.717, 1.165) is 13.2 Å². The second-order valence-corrected chi connectivity index (χ2v) is 1.93. The third-order valence-electron chi connectivity index (χ3n) is 1.07. The highest BCUT2D eigenvalue weighted by Gasteiger charge is 1.94. The summed E-state index contributed by atoms with van der Waals surface area (Å²) in [5, 5.41) is 2.17. The van der Waals surface area contributed by atoms with E-state index in [-0.39, 0.29) is 0 Å². The van der Waals surface area contributed by atoms with Crippen molar-refractivity contribution in [2.24, 2.45) is 5.73 Å². The van der Waals surface area contributed by atoms with Gasteiger partial charge in [0.25, 0.3) is 0 Å². The molecule has 0 aromatic carbocycles. The van der Waals surface area contributed by atoms with Crippen molar-refractivity contribution in [3.8, 4) is 0 Å². The molecule has 0 saturated carbocycles. The molecular weight excluding hydrogens is 132 g/mol. The average Bonchev–Trinajstić information content (AvgIpc) is 2.43. The second kappa shape index (κ2) is 6.35. The largest absolute Gasteiger partial charge is 0.381 e. The van der Waals surface area contributed by atoms with Crippen molar-refractivity contribution in [1.29, 1.82) is 0 Å². The molecule has 10 heavy (non-hydrogen) atoms. The van der Waals surface area contributed by atoms with Crippen molar-refractivity contribution >= 4 is 6.03 Å². The highest BCUT2D eigenvalue weighted by atomic mass is 16.5. The van der Waals surface area contributed by atoms with Crippen LogP contribution < -0.4 is 11.1 Å². The molecule has 60 valence electrons. The monoisotopic (exact) mass is 146 g/mol. The summed E-state index contributed by atoms with van der Waals surface area (Å²) in [6.45, 7) is 2.00. The van der Waals surface area contributed by atoms with Gasteiger partial charge in [0.1, 0.15) is 0 Å². The predicted molar refractivity (Wildman–Crippen MR) is 38.7 cm³/mol. The topological polar surface area (TPSA) is 64.3 Å². The molecule has 1 aliphatic rings. The maximum atomic E-state index is 9.48. The summed E-state index contributed by atoms with van der Waals surface area (Å²) in [5.74, 6) is 0. The van der Waals surface area contributed by atoms with Gasteiger partial charge in [-0.05, 0) is 12.8 Å². The van der Waals surface area contributed by atoms with E-state index in [2.05, 4.69) is 11.1 Å². The lowest BCUT2D eigenvalue weighted by Crippen LogP contribution is -2.24. The van der Waals surface area contributed by atoms with Gasteiger partial charge >= 0.3 is 6.03 Å². The molecule has 0 radical (unpaired) electrons. The number of urea groups is 1. The Morgan fingerprint density at radius 1 is 1.50 bits per heavy atom. The summed E-state index contributed by atoms with van der Waals surface area (Å²) in [6, 6.07) is -0.495. The highest BCUT2D eigenvalue weighted by Crippen LogP contribution is 1.98. The third kappa shape index (κ3) is 7.23. The molecular formula is C6H14N2O2. The Labute approximate surface area is 60.7 Å². The molecule has 0 aromatic rings. The molecule has 1 rings (SSSR count). The normalized spacial score (nSPS) is 15.3. The van der Waals surface area contributed by atoms with Crippen molar-refractivity contribution in [3.63, 3.8) is 0 Å². The van der Waals surface area contributed by atoms with Crippen molar-refractivity contribution in [3.05, 3.63) is 0 Å². The second-order valence-electron chi connectivity index (χ2n) is 1.93. The van der Waals surface area contributed by atoms with Crippen LogP contribution in [0.25, 0.3) is 0 Å². The summed E-state index contributed by atoms with van der Waals surface area (Å²) in [6.07, 6.45) is 2.56. The molecule has 1 saturated heterocycles. The number of rotatable bonds is 0. The van der Waals surface area contributed by atoms with E-state index in [1.54, 1.807) is 0 Å². The molecule has 4 nitrogen and oxygen atoms in total. The van der Waals surface area contributed by atoms with Crippen LogP contribution in [0.3, 0.4) is 0 Å². The fourth-order valence-electron chi connectivity index (χ4n) is 0.510. The molecule has 0 spiro atoms. The van der Waals surface area contributed by atoms with Crippen LogP contribution in [0.1, 0.15) is 12.8 Å². The molecule has 4 heteroatoms. The lowest BCUT2D eigenvalue weighted by molar-refractivity contribution is 0.198. The zero-order valence-electron chi connectivity index (χ0n) is 6.22. The van der Waals surface area contributed by atoms with Crippen LogP contribution in [0.2, 0.25) is 0 Å². The van der Waals surface area contributed by atoms with Gasteiger partial charge in [-0.1, -0.05) is 0 Å². The smallest absolute Gasteiger partial charge is 0.311 e. The Balaban J connectivity index is 0.000000162. The van der Waals surface area contributed by atoms with E-state index in [0.29, 0.717) is 0 Å². The van der Waals surface area contributed by atoms with E-state index in [4.69, 9.17) is 4.74 Å². The maximum Gasteiger partial charge on any atom is 0.311 e. The number of primary amides is 1. The Morgan fingerprint density at radius 3 is 2.00 bits per heavy atom. The van der Waals surface area contributed by atoms with E-state index in [1.807, 2.05) is 0 Å². The number of carbonyl (C=O) groups is 1. The number of carbonyl (C=O) groups excluding carboxylic acids is 1. The quantitative estimate of drug-likeness (QED) is 0.508. The van der Waals surface area contributed by atoms with Gasteiger partial charge in [0, 0.05) is 20.3 Å². The SMILES string of the molecule is C1CCOC1.CNC(N)=O. The zero-order valence-corrected chi connectivity index (χ0v) is 6.22. The number of nitrogens with one attached hydrogen (secondary N) is 1. The summed E-state index contributed by atoms with van der Waals surface area (Å²) in [4.78, 5) is 9.48. The summed E-state index contributed by atoms with van der Waals surface area (Å²) < 4.78 is 4.94. The first kappa shape index (κ1) is 9.23. The highest BCUT2D eigenvalue weighted by molar-refractivity contribution is 5.71. The molecule has 1 fully saturated rings. The number of hydrogen-bond donors (Lipinski definition) is 2. The summed E-state index contributed by atoms with van der Waals surface area (Å²) in [5.41, 5.74) is 4.54. The van der Waals surface area contributed by atoms with Crippen LogP contribution in [0.15, 0.2) is 0 Å². The number of ether oxygens (including phenoxy) is 1. The van der Waals surface area contributed by atoms with Crippen molar-refractivity contribution < 1.29 is 9.53 Å². The Bertz CT molecular complexity index is 84.1. The first-order chi connectivity index (χ1) is 4.77. The lowest BCUT2D eigenvalue weighted by Gasteiger charge is -1.80. The van der Waals surface area contributed by atoms with Crippen LogP contribution in [0.5, 0.6) is 0 Å². The third-order valence-corrected chi connectivity index (χ3v) is 1.07. The van der Waals surface area contributed by atoms with Gasteiger partial charge in [-0.2, -0.15) is 0 Å². The van der Waals surface area contributed by atoms with Crippen LogP contribution in [-0.2, 0) is 4.74 Å². The minimum absolute atomic E-state index is 0.495. The van der Waals surface area contributed by atoms with E-state index in [9.17, 15) is 4.79 Å². The molecule has 0 bridgehead atoms. The Hall–Kier alpha value is -0.770. The van der Waals surface area contributed by atoms with Crippen LogP contribution in [-0.4, -0.2) is 26.3 Å². The van der Waals surface area contributed by atoms with Gasteiger partial charge in [-0.25, -0.2) is 4.79 Å². The maximum absolute atomic E-state index is 9.48. The van der Waals surface area contributed by atoms with Gasteiger partial charge in [-0.3, -0.25) is 0 Å². The molecule has 0 unspecified atom stereocenters. The molecule has 2 amide bonds. The fourth-order valence-corrected chi connectivity index (χ4v) is 0.510. The first-order valence-corrected chi connectivity index (χ1v) is 3.32. The van der Waals surface area contributed by atoms with Crippen molar-refractivity contribution in [2.75, 3.05) is 20.3 Å². The van der Waals surface area contributed by atoms with Crippen LogP contribution in [0.4, 0.5) is 4.79 Å². The predicted octanol–water partition coefficient (Wildman–Crippen LogP) is 0.0813. The van der Waals surface area contributed by atoms with E-state index in [1.165, 1.54) is 19.9 Å². The molecule has 0 aromatic heterocycles.